The van der Waals surface area contributed by atoms with E-state index in [1.165, 1.54) is 33.4 Å². The molecule has 0 spiro atoms. The Morgan fingerprint density at radius 1 is 0.882 bits per heavy atom. The summed E-state index contributed by atoms with van der Waals surface area (Å²) in [5, 5.41) is 3.57. The van der Waals surface area contributed by atoms with E-state index in [9.17, 15) is 0 Å². The summed E-state index contributed by atoms with van der Waals surface area (Å²) in [4.78, 5) is 0. The maximum Gasteiger partial charge on any atom is 0.0662 e. The van der Waals surface area contributed by atoms with Crippen LogP contribution in [0, 0.1) is 34.6 Å². The van der Waals surface area contributed by atoms with E-state index in [2.05, 4.69) is 39.9 Å². The second-order valence-corrected chi connectivity index (χ2v) is 5.12. The number of ether oxygens (including phenoxy) is 1. The largest absolute Gasteiger partial charge is 0.378 e. The molecular formula is C15H23NO. The van der Waals surface area contributed by atoms with Crippen LogP contribution in [0.3, 0.4) is 0 Å². The smallest absolute Gasteiger partial charge is 0.0662 e. The van der Waals surface area contributed by atoms with Crippen molar-refractivity contribution in [3.8, 4) is 0 Å². The molecule has 94 valence electrons. The van der Waals surface area contributed by atoms with Crippen LogP contribution in [0.5, 0.6) is 0 Å². The molecule has 0 bridgehead atoms. The monoisotopic (exact) mass is 233 g/mol. The molecule has 1 aliphatic rings. The van der Waals surface area contributed by atoms with Crippen molar-refractivity contribution in [3.63, 3.8) is 0 Å². The molecule has 1 atom stereocenters. The van der Waals surface area contributed by atoms with Crippen LogP contribution in [-0.4, -0.2) is 19.8 Å². The quantitative estimate of drug-likeness (QED) is 0.805. The number of nitrogens with one attached hydrogen (secondary N) is 1. The molecule has 0 amide bonds. The van der Waals surface area contributed by atoms with Crippen LogP contribution < -0.4 is 5.32 Å². The summed E-state index contributed by atoms with van der Waals surface area (Å²) in [6.45, 7) is 13.7. The number of rotatable bonds is 1. The fourth-order valence-corrected chi connectivity index (χ4v) is 2.80. The average molecular weight is 233 g/mol. The molecule has 1 aliphatic heterocycles. The Bertz CT molecular complexity index is 402. The van der Waals surface area contributed by atoms with Crippen molar-refractivity contribution in [3.05, 3.63) is 33.4 Å². The Kier molecular flexibility index (Phi) is 3.55. The summed E-state index contributed by atoms with van der Waals surface area (Å²) in [6.07, 6.45) is 0. The molecule has 2 rings (SSSR count). The zero-order chi connectivity index (χ0) is 12.6. The molecule has 1 N–H and O–H groups in total. The predicted octanol–water partition coefficient (Wildman–Crippen LogP) is 2.89. The van der Waals surface area contributed by atoms with Crippen molar-refractivity contribution >= 4 is 0 Å². The first-order valence-electron chi connectivity index (χ1n) is 6.42. The van der Waals surface area contributed by atoms with Crippen LogP contribution in [0.1, 0.15) is 39.4 Å². The normalized spacial score (nSPS) is 20.6. The maximum atomic E-state index is 5.59. The standard InChI is InChI=1S/C15H23NO/c1-9-10(2)12(4)15(13(5)11(9)3)14-8-17-7-6-16-14/h14,16H,6-8H2,1-5H3/t14-/m1/s1. The van der Waals surface area contributed by atoms with Gasteiger partial charge in [0.15, 0.2) is 0 Å². The van der Waals surface area contributed by atoms with Gasteiger partial charge in [0.25, 0.3) is 0 Å². The van der Waals surface area contributed by atoms with Gasteiger partial charge in [0, 0.05) is 6.54 Å². The van der Waals surface area contributed by atoms with E-state index >= 15 is 0 Å². The first-order valence-corrected chi connectivity index (χ1v) is 6.42. The van der Waals surface area contributed by atoms with Gasteiger partial charge in [-0.3, -0.25) is 0 Å². The van der Waals surface area contributed by atoms with E-state index in [0.29, 0.717) is 6.04 Å². The summed E-state index contributed by atoms with van der Waals surface area (Å²) in [7, 11) is 0. The first kappa shape index (κ1) is 12.6. The molecule has 1 heterocycles. The molecule has 1 aromatic rings. The highest BCUT2D eigenvalue weighted by Crippen LogP contribution is 2.31. The Labute approximate surface area is 104 Å². The van der Waals surface area contributed by atoms with E-state index in [-0.39, 0.29) is 0 Å². The van der Waals surface area contributed by atoms with Crippen LogP contribution in [0.4, 0.5) is 0 Å². The molecule has 2 nitrogen and oxygen atoms in total. The van der Waals surface area contributed by atoms with Crippen LogP contribution in [0.2, 0.25) is 0 Å². The molecule has 0 aliphatic carbocycles. The molecule has 1 saturated heterocycles. The molecular weight excluding hydrogens is 210 g/mol. The minimum atomic E-state index is 0.363. The highest BCUT2D eigenvalue weighted by Gasteiger charge is 2.22. The molecule has 0 radical (unpaired) electrons. The second kappa shape index (κ2) is 4.79. The number of benzene rings is 1. The summed E-state index contributed by atoms with van der Waals surface area (Å²) < 4.78 is 5.59. The molecule has 2 heteroatoms. The van der Waals surface area contributed by atoms with Gasteiger partial charge in [-0.15, -0.1) is 0 Å². The van der Waals surface area contributed by atoms with E-state index in [1.54, 1.807) is 0 Å². The minimum absolute atomic E-state index is 0.363. The number of hydrogen-bond donors (Lipinski definition) is 1. The van der Waals surface area contributed by atoms with Gasteiger partial charge >= 0.3 is 0 Å². The average Bonchev–Trinajstić information content (AvgIpc) is 2.36. The Morgan fingerprint density at radius 2 is 1.41 bits per heavy atom. The van der Waals surface area contributed by atoms with Gasteiger partial charge in [-0.25, -0.2) is 0 Å². The SMILES string of the molecule is Cc1c(C)c(C)c([C@H]2COCCN2)c(C)c1C. The van der Waals surface area contributed by atoms with Crippen molar-refractivity contribution in [2.75, 3.05) is 19.8 Å². The highest BCUT2D eigenvalue weighted by atomic mass is 16.5. The first-order chi connectivity index (χ1) is 8.04. The molecule has 0 saturated carbocycles. The summed E-state index contributed by atoms with van der Waals surface area (Å²) >= 11 is 0. The Hall–Kier alpha value is -0.860. The van der Waals surface area contributed by atoms with Crippen LogP contribution in [-0.2, 0) is 4.74 Å². The lowest BCUT2D eigenvalue weighted by Gasteiger charge is -2.29. The number of hydrogen-bond acceptors (Lipinski definition) is 2. The Morgan fingerprint density at radius 3 is 1.88 bits per heavy atom. The Balaban J connectivity index is 2.52. The van der Waals surface area contributed by atoms with E-state index in [4.69, 9.17) is 4.74 Å². The zero-order valence-corrected chi connectivity index (χ0v) is 11.6. The lowest BCUT2D eigenvalue weighted by molar-refractivity contribution is 0.0764. The zero-order valence-electron chi connectivity index (χ0n) is 11.6. The van der Waals surface area contributed by atoms with Crippen molar-refractivity contribution in [2.24, 2.45) is 0 Å². The third kappa shape index (κ3) is 2.12. The molecule has 0 aromatic heterocycles. The fraction of sp³-hybridized carbons (Fsp3) is 0.600. The highest BCUT2D eigenvalue weighted by molar-refractivity contribution is 5.50. The van der Waals surface area contributed by atoms with Crippen molar-refractivity contribution < 1.29 is 4.74 Å². The maximum absolute atomic E-state index is 5.59. The third-order valence-electron chi connectivity index (χ3n) is 4.33. The van der Waals surface area contributed by atoms with Crippen molar-refractivity contribution in [1.82, 2.24) is 5.32 Å². The van der Waals surface area contributed by atoms with Gasteiger partial charge in [-0.05, 0) is 68.0 Å². The molecule has 1 aromatic carbocycles. The lowest BCUT2D eigenvalue weighted by atomic mass is 9.86. The van der Waals surface area contributed by atoms with Gasteiger partial charge in [0.2, 0.25) is 0 Å². The van der Waals surface area contributed by atoms with Crippen LogP contribution >= 0.6 is 0 Å². The second-order valence-electron chi connectivity index (χ2n) is 5.12. The number of morpholine rings is 1. The van der Waals surface area contributed by atoms with E-state index in [0.717, 1.165) is 19.8 Å². The van der Waals surface area contributed by atoms with Gasteiger partial charge in [-0.2, -0.15) is 0 Å². The third-order valence-corrected chi connectivity index (χ3v) is 4.33. The molecule has 0 unspecified atom stereocenters. The lowest BCUT2D eigenvalue weighted by Crippen LogP contribution is -2.35. The van der Waals surface area contributed by atoms with Gasteiger partial charge in [0.05, 0.1) is 19.3 Å². The summed E-state index contributed by atoms with van der Waals surface area (Å²) in [5.41, 5.74) is 8.58. The van der Waals surface area contributed by atoms with Gasteiger partial charge in [-0.1, -0.05) is 0 Å². The topological polar surface area (TPSA) is 21.3 Å². The minimum Gasteiger partial charge on any atom is -0.378 e. The van der Waals surface area contributed by atoms with Crippen molar-refractivity contribution in [2.45, 2.75) is 40.7 Å². The van der Waals surface area contributed by atoms with Gasteiger partial charge < -0.3 is 10.1 Å². The van der Waals surface area contributed by atoms with E-state index in [1.807, 2.05) is 0 Å². The van der Waals surface area contributed by atoms with Crippen LogP contribution in [0.15, 0.2) is 0 Å². The fourth-order valence-electron chi connectivity index (χ4n) is 2.80. The van der Waals surface area contributed by atoms with Crippen LogP contribution in [0.25, 0.3) is 0 Å². The van der Waals surface area contributed by atoms with E-state index < -0.39 is 0 Å². The summed E-state index contributed by atoms with van der Waals surface area (Å²) in [5.74, 6) is 0. The van der Waals surface area contributed by atoms with Gasteiger partial charge in [0.1, 0.15) is 0 Å². The predicted molar refractivity (Wildman–Crippen MR) is 71.7 cm³/mol. The molecule has 17 heavy (non-hydrogen) atoms. The van der Waals surface area contributed by atoms with Crippen molar-refractivity contribution in [1.29, 1.82) is 0 Å². The summed E-state index contributed by atoms with van der Waals surface area (Å²) in [6, 6.07) is 0.363. The molecule has 1 fully saturated rings.